The number of nitrogens with two attached hydrogens (primary N) is 1. The van der Waals surface area contributed by atoms with E-state index in [1.54, 1.807) is 0 Å². The first-order chi connectivity index (χ1) is 9.97. The minimum Gasteiger partial charge on any atom is -0.396 e. The highest BCUT2D eigenvalue weighted by atomic mass is 19.4. The quantitative estimate of drug-likeness (QED) is 0.812. The van der Waals surface area contributed by atoms with Crippen molar-refractivity contribution in [2.24, 2.45) is 0 Å². The molecule has 1 fully saturated rings. The third-order valence-corrected chi connectivity index (χ3v) is 3.29. The molecule has 8 heteroatoms. The van der Waals surface area contributed by atoms with Gasteiger partial charge in [0, 0.05) is 25.8 Å². The fourth-order valence-corrected chi connectivity index (χ4v) is 2.12. The second-order valence-electron chi connectivity index (χ2n) is 4.89. The van der Waals surface area contributed by atoms with Crippen molar-refractivity contribution in [1.82, 2.24) is 9.88 Å². The highest BCUT2D eigenvalue weighted by Crippen LogP contribution is 2.31. The Labute approximate surface area is 121 Å². The smallest absolute Gasteiger partial charge is 0.396 e. The molecule has 1 aliphatic rings. The number of hydrogen-bond donors (Lipinski definition) is 2. The van der Waals surface area contributed by atoms with E-state index in [1.165, 1.54) is 0 Å². The second kappa shape index (κ2) is 6.95. The summed E-state index contributed by atoms with van der Waals surface area (Å²) in [5.41, 5.74) is 4.77. The van der Waals surface area contributed by atoms with Crippen LogP contribution in [-0.4, -0.2) is 49.3 Å². The summed E-state index contributed by atoms with van der Waals surface area (Å²) in [5, 5.41) is 2.97. The maximum Gasteiger partial charge on any atom is 0.417 e. The van der Waals surface area contributed by atoms with E-state index in [1.807, 2.05) is 0 Å². The Kier molecular flexibility index (Phi) is 5.24. The highest BCUT2D eigenvalue weighted by Gasteiger charge is 2.31. The van der Waals surface area contributed by atoms with Gasteiger partial charge < -0.3 is 15.8 Å². The summed E-state index contributed by atoms with van der Waals surface area (Å²) in [6.07, 6.45) is -2.77. The lowest BCUT2D eigenvalue weighted by atomic mass is 10.2. The van der Waals surface area contributed by atoms with Crippen LogP contribution in [0.5, 0.6) is 0 Å². The number of pyridine rings is 1. The van der Waals surface area contributed by atoms with Gasteiger partial charge in [-0.3, -0.25) is 4.90 Å². The normalized spacial score (nSPS) is 16.9. The average Bonchev–Trinajstić information content (AvgIpc) is 2.45. The first-order valence-corrected chi connectivity index (χ1v) is 6.83. The van der Waals surface area contributed by atoms with Gasteiger partial charge in [0.2, 0.25) is 0 Å². The van der Waals surface area contributed by atoms with Gasteiger partial charge in [0.1, 0.15) is 5.82 Å². The largest absolute Gasteiger partial charge is 0.417 e. The number of nitrogens with zero attached hydrogens (tertiary/aromatic N) is 2. The van der Waals surface area contributed by atoms with Crippen LogP contribution in [0.4, 0.5) is 24.7 Å². The lowest BCUT2D eigenvalue weighted by Gasteiger charge is -2.26. The van der Waals surface area contributed by atoms with Crippen LogP contribution in [0.2, 0.25) is 0 Å². The maximum absolute atomic E-state index is 12.5. The minimum absolute atomic E-state index is 0.0104. The molecule has 118 valence electrons. The van der Waals surface area contributed by atoms with Gasteiger partial charge in [0.15, 0.2) is 0 Å². The zero-order valence-electron chi connectivity index (χ0n) is 11.6. The molecule has 2 rings (SSSR count). The molecule has 1 aliphatic heterocycles. The SMILES string of the molecule is Nc1cc(C(F)(F)F)cnc1NCCCN1CCOCC1. The van der Waals surface area contributed by atoms with Gasteiger partial charge in [-0.25, -0.2) is 4.98 Å². The molecule has 0 spiro atoms. The fourth-order valence-electron chi connectivity index (χ4n) is 2.12. The number of halogens is 3. The lowest BCUT2D eigenvalue weighted by molar-refractivity contribution is -0.137. The number of aromatic nitrogens is 1. The maximum atomic E-state index is 12.5. The molecule has 1 aromatic heterocycles. The molecule has 5 nitrogen and oxygen atoms in total. The van der Waals surface area contributed by atoms with Crippen molar-refractivity contribution in [2.75, 3.05) is 50.4 Å². The summed E-state index contributed by atoms with van der Waals surface area (Å²) in [7, 11) is 0. The molecule has 0 amide bonds. The summed E-state index contributed by atoms with van der Waals surface area (Å²) < 4.78 is 42.7. The van der Waals surface area contributed by atoms with E-state index in [-0.39, 0.29) is 5.69 Å². The Bertz CT molecular complexity index is 461. The van der Waals surface area contributed by atoms with Crippen LogP contribution in [0.15, 0.2) is 12.3 Å². The summed E-state index contributed by atoms with van der Waals surface area (Å²) >= 11 is 0. The highest BCUT2D eigenvalue weighted by molar-refractivity contribution is 5.61. The number of ether oxygens (including phenoxy) is 1. The van der Waals surface area contributed by atoms with Crippen LogP contribution in [0.25, 0.3) is 0 Å². The van der Waals surface area contributed by atoms with Crippen molar-refractivity contribution in [2.45, 2.75) is 12.6 Å². The molecule has 0 radical (unpaired) electrons. The Morgan fingerprint density at radius 1 is 1.33 bits per heavy atom. The van der Waals surface area contributed by atoms with Gasteiger partial charge >= 0.3 is 6.18 Å². The van der Waals surface area contributed by atoms with Crippen molar-refractivity contribution in [3.63, 3.8) is 0 Å². The van der Waals surface area contributed by atoms with Crippen LogP contribution >= 0.6 is 0 Å². The topological polar surface area (TPSA) is 63.4 Å². The predicted molar refractivity (Wildman–Crippen MR) is 74.0 cm³/mol. The standard InChI is InChI=1S/C13H19F3N4O/c14-13(15,16)10-8-11(17)12(19-9-10)18-2-1-3-20-4-6-21-7-5-20/h8-9H,1-7,17H2,(H,18,19). The van der Waals surface area contributed by atoms with E-state index >= 15 is 0 Å². The van der Waals surface area contributed by atoms with Crippen LogP contribution in [0.3, 0.4) is 0 Å². The van der Waals surface area contributed by atoms with E-state index in [2.05, 4.69) is 15.2 Å². The van der Waals surface area contributed by atoms with Crippen molar-refractivity contribution >= 4 is 11.5 Å². The first-order valence-electron chi connectivity index (χ1n) is 6.83. The Morgan fingerprint density at radius 3 is 2.67 bits per heavy atom. The molecule has 21 heavy (non-hydrogen) atoms. The van der Waals surface area contributed by atoms with Crippen molar-refractivity contribution < 1.29 is 17.9 Å². The molecule has 0 aliphatic carbocycles. The van der Waals surface area contributed by atoms with Crippen molar-refractivity contribution in [1.29, 1.82) is 0 Å². The van der Waals surface area contributed by atoms with Gasteiger partial charge in [-0.1, -0.05) is 0 Å². The predicted octanol–water partition coefficient (Wildman–Crippen LogP) is 1.82. The molecule has 0 aromatic carbocycles. The molecule has 0 bridgehead atoms. The Morgan fingerprint density at radius 2 is 2.05 bits per heavy atom. The van der Waals surface area contributed by atoms with E-state index in [0.29, 0.717) is 12.4 Å². The number of morpholine rings is 1. The molecule has 0 saturated carbocycles. The van der Waals surface area contributed by atoms with Crippen LogP contribution in [0.1, 0.15) is 12.0 Å². The van der Waals surface area contributed by atoms with Crippen LogP contribution in [-0.2, 0) is 10.9 Å². The lowest BCUT2D eigenvalue weighted by Crippen LogP contribution is -2.37. The van der Waals surface area contributed by atoms with E-state index < -0.39 is 11.7 Å². The average molecular weight is 304 g/mol. The summed E-state index contributed by atoms with van der Waals surface area (Å²) in [6, 6.07) is 0.900. The van der Waals surface area contributed by atoms with E-state index in [4.69, 9.17) is 10.5 Å². The number of nitrogen functional groups attached to an aromatic ring is 1. The zero-order chi connectivity index (χ0) is 15.3. The zero-order valence-corrected chi connectivity index (χ0v) is 11.6. The molecule has 1 saturated heterocycles. The molecule has 0 atom stereocenters. The minimum atomic E-state index is -4.42. The number of hydrogen-bond acceptors (Lipinski definition) is 5. The van der Waals surface area contributed by atoms with E-state index in [0.717, 1.165) is 51.5 Å². The monoisotopic (exact) mass is 304 g/mol. The number of alkyl halides is 3. The molecular weight excluding hydrogens is 285 g/mol. The molecular formula is C13H19F3N4O. The number of anilines is 2. The number of rotatable bonds is 5. The van der Waals surface area contributed by atoms with Crippen LogP contribution < -0.4 is 11.1 Å². The van der Waals surface area contributed by atoms with Gasteiger partial charge in [0.05, 0.1) is 24.5 Å². The van der Waals surface area contributed by atoms with Gasteiger partial charge in [-0.15, -0.1) is 0 Å². The van der Waals surface area contributed by atoms with Gasteiger partial charge in [-0.2, -0.15) is 13.2 Å². The summed E-state index contributed by atoms with van der Waals surface area (Å²) in [4.78, 5) is 6.03. The molecule has 1 aromatic rings. The molecule has 3 N–H and O–H groups in total. The third kappa shape index (κ3) is 4.75. The van der Waals surface area contributed by atoms with Gasteiger partial charge in [-0.05, 0) is 19.0 Å². The van der Waals surface area contributed by atoms with Crippen molar-refractivity contribution in [3.05, 3.63) is 17.8 Å². The Balaban J connectivity index is 1.78. The Hall–Kier alpha value is -1.54. The molecule has 2 heterocycles. The summed E-state index contributed by atoms with van der Waals surface area (Å²) in [6.45, 7) is 4.86. The van der Waals surface area contributed by atoms with Crippen molar-refractivity contribution in [3.8, 4) is 0 Å². The van der Waals surface area contributed by atoms with Gasteiger partial charge in [0.25, 0.3) is 0 Å². The fraction of sp³-hybridized carbons (Fsp3) is 0.615. The first kappa shape index (κ1) is 15.8. The van der Waals surface area contributed by atoms with E-state index in [9.17, 15) is 13.2 Å². The number of nitrogens with one attached hydrogen (secondary N) is 1. The molecule has 0 unspecified atom stereocenters. The third-order valence-electron chi connectivity index (χ3n) is 3.29. The summed E-state index contributed by atoms with van der Waals surface area (Å²) in [5.74, 6) is 0.296. The van der Waals surface area contributed by atoms with Crippen LogP contribution in [0, 0.1) is 0 Å². The second-order valence-corrected chi connectivity index (χ2v) is 4.89.